The van der Waals surface area contributed by atoms with Crippen molar-refractivity contribution in [1.82, 2.24) is 5.32 Å². The van der Waals surface area contributed by atoms with Gasteiger partial charge in [0, 0.05) is 6.04 Å². The fourth-order valence-corrected chi connectivity index (χ4v) is 2.95. The lowest BCUT2D eigenvalue weighted by Crippen LogP contribution is -2.32. The maximum Gasteiger partial charge on any atom is 0.129 e. The van der Waals surface area contributed by atoms with Crippen molar-refractivity contribution >= 4 is 0 Å². The maximum absolute atomic E-state index is 8.93. The van der Waals surface area contributed by atoms with Crippen molar-refractivity contribution in [2.75, 3.05) is 0 Å². The van der Waals surface area contributed by atoms with Gasteiger partial charge in [-0.25, -0.2) is 0 Å². The minimum absolute atomic E-state index is 0.0161. The third-order valence-electron chi connectivity index (χ3n) is 4.16. The maximum atomic E-state index is 8.93. The van der Waals surface area contributed by atoms with Crippen molar-refractivity contribution in [3.05, 3.63) is 23.7 Å². The number of aliphatic hydroxyl groups is 1. The highest BCUT2D eigenvalue weighted by Gasteiger charge is 2.30. The second-order valence-electron chi connectivity index (χ2n) is 5.12. The number of hydrogen-bond acceptors (Lipinski definition) is 3. The summed E-state index contributed by atoms with van der Waals surface area (Å²) in [5.74, 6) is 3.19. The van der Waals surface area contributed by atoms with Gasteiger partial charge in [-0.15, -0.1) is 0 Å². The summed E-state index contributed by atoms with van der Waals surface area (Å²) < 4.78 is 5.47. The molecular formula is C14H23NO2. The van der Waals surface area contributed by atoms with E-state index in [-0.39, 0.29) is 6.61 Å². The summed E-state index contributed by atoms with van der Waals surface area (Å²) in [4.78, 5) is 0. The minimum Gasteiger partial charge on any atom is -0.462 e. The van der Waals surface area contributed by atoms with Gasteiger partial charge in [-0.05, 0) is 36.8 Å². The van der Waals surface area contributed by atoms with E-state index >= 15 is 0 Å². The molecule has 3 unspecified atom stereocenters. The molecule has 0 spiro atoms. The first kappa shape index (κ1) is 12.7. The van der Waals surface area contributed by atoms with Gasteiger partial charge in [0.15, 0.2) is 0 Å². The van der Waals surface area contributed by atoms with E-state index in [2.05, 4.69) is 19.2 Å². The first-order valence-corrected chi connectivity index (χ1v) is 6.66. The highest BCUT2D eigenvalue weighted by molar-refractivity contribution is 5.06. The normalized spacial score (nSPS) is 28.8. The van der Waals surface area contributed by atoms with Crippen molar-refractivity contribution in [2.45, 2.75) is 52.3 Å². The molecule has 2 N–H and O–H groups in total. The summed E-state index contributed by atoms with van der Waals surface area (Å²) in [5.41, 5.74) is 0. The Bertz CT molecular complexity index is 348. The molecule has 3 nitrogen and oxygen atoms in total. The van der Waals surface area contributed by atoms with E-state index in [9.17, 15) is 0 Å². The van der Waals surface area contributed by atoms with E-state index in [1.54, 1.807) is 0 Å². The van der Waals surface area contributed by atoms with Crippen LogP contribution in [0.1, 0.15) is 44.6 Å². The van der Waals surface area contributed by atoms with Gasteiger partial charge in [-0.1, -0.05) is 20.3 Å². The number of furan rings is 1. The van der Waals surface area contributed by atoms with Crippen molar-refractivity contribution in [3.8, 4) is 0 Å². The third kappa shape index (κ3) is 2.90. The van der Waals surface area contributed by atoms with E-state index in [4.69, 9.17) is 9.52 Å². The van der Waals surface area contributed by atoms with Crippen molar-refractivity contribution in [2.24, 2.45) is 11.8 Å². The second-order valence-corrected chi connectivity index (χ2v) is 5.12. The van der Waals surface area contributed by atoms with Crippen LogP contribution in [0.25, 0.3) is 0 Å². The lowest BCUT2D eigenvalue weighted by atomic mass is 9.93. The molecule has 0 bridgehead atoms. The predicted molar refractivity (Wildman–Crippen MR) is 67.4 cm³/mol. The standard InChI is InChI=1S/C14H23NO2/c1-3-11-4-7-14(10(11)2)15-8-12-5-6-13(9-16)17-12/h5-6,10-11,14-16H,3-4,7-9H2,1-2H3. The largest absolute Gasteiger partial charge is 0.462 e. The van der Waals surface area contributed by atoms with Gasteiger partial charge in [-0.3, -0.25) is 0 Å². The molecule has 1 aromatic rings. The van der Waals surface area contributed by atoms with Crippen LogP contribution in [0.5, 0.6) is 0 Å². The van der Waals surface area contributed by atoms with Crippen LogP contribution in [0, 0.1) is 11.8 Å². The van der Waals surface area contributed by atoms with Crippen LogP contribution >= 0.6 is 0 Å². The van der Waals surface area contributed by atoms with Crippen LogP contribution in [-0.4, -0.2) is 11.1 Å². The van der Waals surface area contributed by atoms with Crippen LogP contribution in [0.4, 0.5) is 0 Å². The zero-order valence-electron chi connectivity index (χ0n) is 10.8. The highest BCUT2D eigenvalue weighted by Crippen LogP contribution is 2.33. The summed E-state index contributed by atoms with van der Waals surface area (Å²) in [6, 6.07) is 4.39. The smallest absolute Gasteiger partial charge is 0.129 e. The Hall–Kier alpha value is -0.800. The van der Waals surface area contributed by atoms with Gasteiger partial charge in [-0.2, -0.15) is 0 Å². The Morgan fingerprint density at radius 3 is 2.71 bits per heavy atom. The van der Waals surface area contributed by atoms with Crippen molar-refractivity contribution in [1.29, 1.82) is 0 Å². The molecular weight excluding hydrogens is 214 g/mol. The van der Waals surface area contributed by atoms with Gasteiger partial charge >= 0.3 is 0 Å². The van der Waals surface area contributed by atoms with E-state index in [0.29, 0.717) is 11.8 Å². The van der Waals surface area contributed by atoms with E-state index in [1.165, 1.54) is 19.3 Å². The zero-order chi connectivity index (χ0) is 12.3. The molecule has 1 heterocycles. The molecule has 0 amide bonds. The molecule has 1 aromatic heterocycles. The van der Waals surface area contributed by atoms with Gasteiger partial charge in [0.2, 0.25) is 0 Å². The molecule has 0 saturated heterocycles. The highest BCUT2D eigenvalue weighted by atomic mass is 16.4. The molecule has 3 heteroatoms. The summed E-state index contributed by atoms with van der Waals surface area (Å²) in [7, 11) is 0. The summed E-state index contributed by atoms with van der Waals surface area (Å²) in [5, 5.41) is 12.5. The Balaban J connectivity index is 1.82. The van der Waals surface area contributed by atoms with Crippen molar-refractivity contribution < 1.29 is 9.52 Å². The number of aliphatic hydroxyl groups excluding tert-OH is 1. The summed E-state index contributed by atoms with van der Waals surface area (Å²) in [6.07, 6.45) is 3.90. The SMILES string of the molecule is CCC1CCC(NCc2ccc(CO)o2)C1C. The molecule has 1 fully saturated rings. The minimum atomic E-state index is -0.0161. The van der Waals surface area contributed by atoms with Gasteiger partial charge < -0.3 is 14.8 Å². The Labute approximate surface area is 103 Å². The number of hydrogen-bond donors (Lipinski definition) is 2. The molecule has 17 heavy (non-hydrogen) atoms. The molecule has 0 radical (unpaired) electrons. The van der Waals surface area contributed by atoms with E-state index in [0.717, 1.165) is 24.1 Å². The molecule has 96 valence electrons. The average molecular weight is 237 g/mol. The topological polar surface area (TPSA) is 45.4 Å². The van der Waals surface area contributed by atoms with Crippen LogP contribution in [0.3, 0.4) is 0 Å². The lowest BCUT2D eigenvalue weighted by molar-refractivity contribution is 0.241. The first-order valence-electron chi connectivity index (χ1n) is 6.66. The number of rotatable bonds is 5. The third-order valence-corrected chi connectivity index (χ3v) is 4.16. The molecule has 2 rings (SSSR count). The molecule has 1 saturated carbocycles. The Morgan fingerprint density at radius 1 is 1.35 bits per heavy atom. The lowest BCUT2D eigenvalue weighted by Gasteiger charge is -2.20. The molecule has 3 atom stereocenters. The molecule has 0 aromatic carbocycles. The fourth-order valence-electron chi connectivity index (χ4n) is 2.95. The second kappa shape index (κ2) is 5.69. The molecule has 1 aliphatic carbocycles. The first-order chi connectivity index (χ1) is 8.24. The predicted octanol–water partition coefficient (Wildman–Crippen LogP) is 2.69. The summed E-state index contributed by atoms with van der Waals surface area (Å²) >= 11 is 0. The monoisotopic (exact) mass is 237 g/mol. The van der Waals surface area contributed by atoms with Gasteiger partial charge in [0.1, 0.15) is 18.1 Å². The van der Waals surface area contributed by atoms with E-state index < -0.39 is 0 Å². The van der Waals surface area contributed by atoms with Gasteiger partial charge in [0.25, 0.3) is 0 Å². The molecule has 0 aliphatic heterocycles. The van der Waals surface area contributed by atoms with Crippen molar-refractivity contribution in [3.63, 3.8) is 0 Å². The quantitative estimate of drug-likeness (QED) is 0.827. The average Bonchev–Trinajstić information content (AvgIpc) is 2.93. The number of nitrogens with one attached hydrogen (secondary N) is 1. The van der Waals surface area contributed by atoms with Crippen LogP contribution in [0.15, 0.2) is 16.5 Å². The zero-order valence-corrected chi connectivity index (χ0v) is 10.8. The van der Waals surface area contributed by atoms with Crippen LogP contribution in [-0.2, 0) is 13.2 Å². The molecule has 1 aliphatic rings. The Morgan fingerprint density at radius 2 is 2.12 bits per heavy atom. The fraction of sp³-hybridized carbons (Fsp3) is 0.714. The van der Waals surface area contributed by atoms with E-state index in [1.807, 2.05) is 12.1 Å². The van der Waals surface area contributed by atoms with Crippen LogP contribution < -0.4 is 5.32 Å². The Kier molecular flexibility index (Phi) is 4.24. The van der Waals surface area contributed by atoms with Crippen LogP contribution in [0.2, 0.25) is 0 Å². The van der Waals surface area contributed by atoms with Gasteiger partial charge in [0.05, 0.1) is 6.54 Å². The summed E-state index contributed by atoms with van der Waals surface area (Å²) in [6.45, 7) is 5.38.